The average molecular weight is 557 g/mol. The predicted molar refractivity (Wildman–Crippen MR) is 129 cm³/mol. The molecule has 1 atom stereocenters. The number of nitrogens with zero attached hydrogens (tertiary/aromatic N) is 2. The zero-order valence-electron chi connectivity index (χ0n) is 18.1. The molecule has 2 heterocycles. The SMILES string of the molecule is CCC(CC)c1cc(CNC(=NC)NCCS(=O)(=O)NCC2CCCCO2)on1.I. The van der Waals surface area contributed by atoms with Crippen molar-refractivity contribution >= 4 is 40.0 Å². The van der Waals surface area contributed by atoms with E-state index in [1.54, 1.807) is 7.05 Å². The summed E-state index contributed by atoms with van der Waals surface area (Å²) < 4.78 is 37.9. The molecule has 3 N–H and O–H groups in total. The fourth-order valence-corrected chi connectivity index (χ4v) is 4.22. The quantitative estimate of drug-likeness (QED) is 0.217. The normalized spacial score (nSPS) is 17.6. The van der Waals surface area contributed by atoms with Crippen LogP contribution in [0.3, 0.4) is 0 Å². The Hall–Kier alpha value is -0.920. The van der Waals surface area contributed by atoms with Gasteiger partial charge in [-0.05, 0) is 32.1 Å². The highest BCUT2D eigenvalue weighted by molar-refractivity contribution is 14.0. The van der Waals surface area contributed by atoms with E-state index in [2.05, 4.69) is 39.4 Å². The average Bonchev–Trinajstić information content (AvgIpc) is 3.19. The number of halogens is 1. The number of aromatic nitrogens is 1. The van der Waals surface area contributed by atoms with Gasteiger partial charge in [0.2, 0.25) is 10.0 Å². The topological polar surface area (TPSA) is 118 Å². The second kappa shape index (κ2) is 14.2. The summed E-state index contributed by atoms with van der Waals surface area (Å²) in [5, 5.41) is 10.3. The van der Waals surface area contributed by atoms with Gasteiger partial charge in [-0.1, -0.05) is 19.0 Å². The number of nitrogens with one attached hydrogen (secondary N) is 3. The molecular formula is C19H36IN5O4S. The van der Waals surface area contributed by atoms with E-state index >= 15 is 0 Å². The van der Waals surface area contributed by atoms with Crippen LogP contribution in [0.5, 0.6) is 0 Å². The van der Waals surface area contributed by atoms with E-state index in [0.29, 0.717) is 31.6 Å². The molecule has 1 aromatic heterocycles. The minimum absolute atomic E-state index is 0. The Morgan fingerprint density at radius 2 is 2.07 bits per heavy atom. The van der Waals surface area contributed by atoms with Crippen molar-refractivity contribution in [3.8, 4) is 0 Å². The Morgan fingerprint density at radius 3 is 2.70 bits per heavy atom. The summed E-state index contributed by atoms with van der Waals surface area (Å²) in [6.07, 6.45) is 5.06. The summed E-state index contributed by atoms with van der Waals surface area (Å²) in [5.41, 5.74) is 0.967. The fraction of sp³-hybridized carbons (Fsp3) is 0.789. The van der Waals surface area contributed by atoms with Gasteiger partial charge in [0.1, 0.15) is 0 Å². The monoisotopic (exact) mass is 557 g/mol. The molecule has 0 bridgehead atoms. The molecule has 1 aromatic rings. The number of rotatable bonds is 11. The maximum absolute atomic E-state index is 12.2. The summed E-state index contributed by atoms with van der Waals surface area (Å²) in [6.45, 7) is 5.99. The maximum atomic E-state index is 12.2. The first-order valence-electron chi connectivity index (χ1n) is 10.5. The number of ether oxygens (including phenoxy) is 1. The molecule has 9 nitrogen and oxygen atoms in total. The van der Waals surface area contributed by atoms with Crippen molar-refractivity contribution in [3.63, 3.8) is 0 Å². The third kappa shape index (κ3) is 9.48. The van der Waals surface area contributed by atoms with Crippen molar-refractivity contribution in [3.05, 3.63) is 17.5 Å². The summed E-state index contributed by atoms with van der Waals surface area (Å²) >= 11 is 0. The van der Waals surface area contributed by atoms with Crippen molar-refractivity contribution in [2.75, 3.05) is 32.5 Å². The van der Waals surface area contributed by atoms with Crippen LogP contribution in [0.1, 0.15) is 63.3 Å². The van der Waals surface area contributed by atoms with E-state index < -0.39 is 10.0 Å². The third-order valence-electron chi connectivity index (χ3n) is 5.10. The fourth-order valence-electron chi connectivity index (χ4n) is 3.27. The summed E-state index contributed by atoms with van der Waals surface area (Å²) in [4.78, 5) is 4.11. The molecule has 2 rings (SSSR count). The van der Waals surface area contributed by atoms with Gasteiger partial charge in [-0.25, -0.2) is 13.1 Å². The molecule has 0 aromatic carbocycles. The molecule has 0 aliphatic carbocycles. The molecule has 1 saturated heterocycles. The molecule has 0 spiro atoms. The third-order valence-corrected chi connectivity index (χ3v) is 6.45. The van der Waals surface area contributed by atoms with Crippen LogP contribution < -0.4 is 15.4 Å². The molecule has 174 valence electrons. The van der Waals surface area contributed by atoms with E-state index in [0.717, 1.165) is 43.6 Å². The number of hydrogen-bond acceptors (Lipinski definition) is 6. The Kier molecular flexibility index (Phi) is 12.8. The number of guanidine groups is 1. The van der Waals surface area contributed by atoms with Gasteiger partial charge in [-0.15, -0.1) is 24.0 Å². The minimum Gasteiger partial charge on any atom is -0.377 e. The van der Waals surface area contributed by atoms with Crippen LogP contribution in [0.2, 0.25) is 0 Å². The van der Waals surface area contributed by atoms with Gasteiger partial charge in [0, 0.05) is 38.7 Å². The van der Waals surface area contributed by atoms with Gasteiger partial charge in [-0.3, -0.25) is 4.99 Å². The van der Waals surface area contributed by atoms with Crippen molar-refractivity contribution in [2.24, 2.45) is 4.99 Å². The zero-order valence-corrected chi connectivity index (χ0v) is 21.3. The first-order valence-corrected chi connectivity index (χ1v) is 12.1. The molecule has 1 aliphatic rings. The van der Waals surface area contributed by atoms with Crippen LogP contribution in [0.15, 0.2) is 15.6 Å². The van der Waals surface area contributed by atoms with E-state index in [1.807, 2.05) is 6.07 Å². The van der Waals surface area contributed by atoms with Crippen LogP contribution in [0, 0.1) is 0 Å². The predicted octanol–water partition coefficient (Wildman–Crippen LogP) is 2.35. The maximum Gasteiger partial charge on any atom is 0.213 e. The highest BCUT2D eigenvalue weighted by Crippen LogP contribution is 2.22. The number of sulfonamides is 1. The lowest BCUT2D eigenvalue weighted by atomic mass is 9.99. The second-order valence-electron chi connectivity index (χ2n) is 7.24. The van der Waals surface area contributed by atoms with Crippen molar-refractivity contribution < 1.29 is 17.7 Å². The van der Waals surface area contributed by atoms with E-state index in [1.165, 1.54) is 0 Å². The Labute approximate surface area is 197 Å². The molecule has 1 unspecified atom stereocenters. The van der Waals surface area contributed by atoms with Crippen molar-refractivity contribution in [2.45, 2.75) is 64.5 Å². The Morgan fingerprint density at radius 1 is 1.30 bits per heavy atom. The highest BCUT2D eigenvalue weighted by atomic mass is 127. The summed E-state index contributed by atoms with van der Waals surface area (Å²) in [5.74, 6) is 1.59. The van der Waals surface area contributed by atoms with Gasteiger partial charge in [-0.2, -0.15) is 0 Å². The molecule has 1 aliphatic heterocycles. The highest BCUT2D eigenvalue weighted by Gasteiger charge is 2.18. The Bertz CT molecular complexity index is 731. The van der Waals surface area contributed by atoms with Crippen molar-refractivity contribution in [1.82, 2.24) is 20.5 Å². The molecule has 0 radical (unpaired) electrons. The number of hydrogen-bond donors (Lipinski definition) is 3. The van der Waals surface area contributed by atoms with Crippen LogP contribution >= 0.6 is 24.0 Å². The van der Waals surface area contributed by atoms with Gasteiger partial charge in [0.15, 0.2) is 11.7 Å². The largest absolute Gasteiger partial charge is 0.377 e. The summed E-state index contributed by atoms with van der Waals surface area (Å²) in [6, 6.07) is 1.96. The standard InChI is InChI=1S/C19H35N5O4S.HI/c1-4-15(5-2)18-12-17(28-24-18)13-22-19(20-3)21-9-11-29(25,26)23-14-16-8-6-7-10-27-16;/h12,15-16,23H,4-11,13-14H2,1-3H3,(H2,20,21,22);1H. The first kappa shape index (κ1) is 27.1. The lowest BCUT2D eigenvalue weighted by Gasteiger charge is -2.22. The van der Waals surface area contributed by atoms with Crippen LogP contribution in [-0.2, 0) is 21.3 Å². The minimum atomic E-state index is -3.37. The van der Waals surface area contributed by atoms with E-state index in [9.17, 15) is 8.42 Å². The molecule has 11 heteroatoms. The van der Waals surface area contributed by atoms with Gasteiger partial charge in [0.25, 0.3) is 0 Å². The number of aliphatic imine (C=N–C) groups is 1. The molecule has 1 fully saturated rings. The van der Waals surface area contributed by atoms with E-state index in [-0.39, 0.29) is 42.4 Å². The van der Waals surface area contributed by atoms with Gasteiger partial charge >= 0.3 is 0 Å². The molecule has 0 saturated carbocycles. The molecule has 30 heavy (non-hydrogen) atoms. The lowest BCUT2D eigenvalue weighted by molar-refractivity contribution is 0.0200. The lowest BCUT2D eigenvalue weighted by Crippen LogP contribution is -2.42. The van der Waals surface area contributed by atoms with Crippen molar-refractivity contribution in [1.29, 1.82) is 0 Å². The Balaban J connectivity index is 0.00000450. The van der Waals surface area contributed by atoms with Crippen LogP contribution in [0.4, 0.5) is 0 Å². The van der Waals surface area contributed by atoms with Gasteiger partial charge in [0.05, 0.1) is 24.1 Å². The molecular weight excluding hydrogens is 521 g/mol. The van der Waals surface area contributed by atoms with E-state index in [4.69, 9.17) is 9.26 Å². The van der Waals surface area contributed by atoms with Crippen LogP contribution in [0.25, 0.3) is 0 Å². The zero-order chi connectivity index (χ0) is 21.1. The first-order chi connectivity index (χ1) is 14.0. The molecule has 0 amide bonds. The second-order valence-corrected chi connectivity index (χ2v) is 9.17. The summed E-state index contributed by atoms with van der Waals surface area (Å²) in [7, 11) is -1.73. The van der Waals surface area contributed by atoms with Crippen LogP contribution in [-0.4, -0.2) is 58.1 Å². The smallest absolute Gasteiger partial charge is 0.213 e. The van der Waals surface area contributed by atoms with Gasteiger partial charge < -0.3 is 19.9 Å².